The van der Waals surface area contributed by atoms with E-state index in [4.69, 9.17) is 9.47 Å². The lowest BCUT2D eigenvalue weighted by molar-refractivity contribution is -0.168. The van der Waals surface area contributed by atoms with Crippen LogP contribution in [0.1, 0.15) is 27.2 Å². The van der Waals surface area contributed by atoms with Crippen molar-refractivity contribution in [1.29, 1.82) is 0 Å². The fourth-order valence-corrected chi connectivity index (χ4v) is 1.76. The van der Waals surface area contributed by atoms with Crippen molar-refractivity contribution in [1.82, 2.24) is 4.90 Å². The van der Waals surface area contributed by atoms with Crippen molar-refractivity contribution in [3.63, 3.8) is 0 Å². The number of nitrogens with zero attached hydrogens (tertiary/aromatic N) is 1. The number of amides is 1. The Labute approximate surface area is 123 Å². The van der Waals surface area contributed by atoms with Crippen molar-refractivity contribution >= 4 is 18.0 Å². The zero-order valence-electron chi connectivity index (χ0n) is 12.5. The number of rotatable bonds is 3. The lowest BCUT2D eigenvalue weighted by Crippen LogP contribution is -2.43. The summed E-state index contributed by atoms with van der Waals surface area (Å²) in [6.07, 6.45) is -0.208. The second kappa shape index (κ2) is 6.71. The standard InChI is InChI=1S/C14H21NO6/c1-5-6-20-13(19)15-8-9(16)7-10(15)11(17)21-12(18)14(2,3)4/h5,9-10,16H,1,6-8H2,2-4H3. The van der Waals surface area contributed by atoms with E-state index in [9.17, 15) is 19.5 Å². The van der Waals surface area contributed by atoms with Crippen LogP contribution in [-0.4, -0.2) is 53.3 Å². The highest BCUT2D eigenvalue weighted by molar-refractivity contribution is 5.92. The second-order valence-corrected chi connectivity index (χ2v) is 5.88. The van der Waals surface area contributed by atoms with Crippen LogP contribution in [0.3, 0.4) is 0 Å². The van der Waals surface area contributed by atoms with Gasteiger partial charge in [0.15, 0.2) is 0 Å². The van der Waals surface area contributed by atoms with Crippen LogP contribution in [0.25, 0.3) is 0 Å². The van der Waals surface area contributed by atoms with Gasteiger partial charge in [0, 0.05) is 6.42 Å². The van der Waals surface area contributed by atoms with Crippen molar-refractivity contribution in [3.05, 3.63) is 12.7 Å². The third kappa shape index (κ3) is 4.56. The highest BCUT2D eigenvalue weighted by Crippen LogP contribution is 2.22. The Balaban J connectivity index is 2.74. The topological polar surface area (TPSA) is 93.1 Å². The second-order valence-electron chi connectivity index (χ2n) is 5.88. The molecule has 1 amide bonds. The minimum atomic E-state index is -1.02. The Morgan fingerprint density at radius 3 is 2.52 bits per heavy atom. The molecule has 2 unspecified atom stereocenters. The molecule has 0 radical (unpaired) electrons. The Morgan fingerprint density at radius 2 is 2.00 bits per heavy atom. The number of hydrogen-bond acceptors (Lipinski definition) is 6. The van der Waals surface area contributed by atoms with Crippen LogP contribution in [0, 0.1) is 5.41 Å². The van der Waals surface area contributed by atoms with Crippen molar-refractivity contribution in [3.8, 4) is 0 Å². The van der Waals surface area contributed by atoms with Gasteiger partial charge in [-0.15, -0.1) is 0 Å². The van der Waals surface area contributed by atoms with E-state index in [1.165, 1.54) is 6.08 Å². The summed E-state index contributed by atoms with van der Waals surface area (Å²) in [6.45, 7) is 8.21. The van der Waals surface area contributed by atoms with Crippen molar-refractivity contribution < 1.29 is 29.0 Å². The Bertz CT molecular complexity index is 439. The van der Waals surface area contributed by atoms with E-state index in [0.717, 1.165) is 4.90 Å². The Morgan fingerprint density at radius 1 is 1.38 bits per heavy atom. The van der Waals surface area contributed by atoms with Gasteiger partial charge in [-0.3, -0.25) is 9.69 Å². The number of aliphatic hydroxyl groups is 1. The van der Waals surface area contributed by atoms with Crippen molar-refractivity contribution in [2.75, 3.05) is 13.2 Å². The van der Waals surface area contributed by atoms with Gasteiger partial charge < -0.3 is 14.6 Å². The van der Waals surface area contributed by atoms with Gasteiger partial charge in [0.1, 0.15) is 12.6 Å². The molecule has 0 spiro atoms. The molecular weight excluding hydrogens is 278 g/mol. The van der Waals surface area contributed by atoms with Crippen LogP contribution in [0.2, 0.25) is 0 Å². The SMILES string of the molecule is C=CCOC(=O)N1CC(O)CC1C(=O)OC(=O)C(C)(C)C. The van der Waals surface area contributed by atoms with E-state index in [-0.39, 0.29) is 19.6 Å². The zero-order chi connectivity index (χ0) is 16.2. The lowest BCUT2D eigenvalue weighted by Gasteiger charge is -2.23. The molecule has 1 saturated heterocycles. The molecule has 0 aliphatic carbocycles. The number of esters is 2. The molecule has 118 valence electrons. The van der Waals surface area contributed by atoms with E-state index in [1.807, 2.05) is 0 Å². The summed E-state index contributed by atoms with van der Waals surface area (Å²) >= 11 is 0. The smallest absolute Gasteiger partial charge is 0.410 e. The molecule has 0 saturated carbocycles. The molecule has 0 aromatic rings. The first-order valence-corrected chi connectivity index (χ1v) is 6.65. The largest absolute Gasteiger partial charge is 0.445 e. The van der Waals surface area contributed by atoms with Crippen LogP contribution in [-0.2, 0) is 19.1 Å². The first-order chi connectivity index (χ1) is 9.66. The zero-order valence-corrected chi connectivity index (χ0v) is 12.5. The van der Waals surface area contributed by atoms with E-state index >= 15 is 0 Å². The van der Waals surface area contributed by atoms with Gasteiger partial charge in [-0.1, -0.05) is 12.7 Å². The molecule has 21 heavy (non-hydrogen) atoms. The molecule has 1 aliphatic heterocycles. The third-order valence-corrected chi connectivity index (χ3v) is 2.92. The average Bonchev–Trinajstić information content (AvgIpc) is 2.77. The fraction of sp³-hybridized carbons (Fsp3) is 0.643. The number of hydrogen-bond donors (Lipinski definition) is 1. The van der Waals surface area contributed by atoms with Gasteiger partial charge >= 0.3 is 18.0 Å². The van der Waals surface area contributed by atoms with Crippen LogP contribution in [0.5, 0.6) is 0 Å². The molecule has 1 heterocycles. The van der Waals surface area contributed by atoms with Gasteiger partial charge in [0.25, 0.3) is 0 Å². The molecule has 7 heteroatoms. The predicted octanol–water partition coefficient (Wildman–Crippen LogP) is 0.860. The normalized spacial score (nSPS) is 21.8. The molecule has 1 N–H and O–H groups in total. The summed E-state index contributed by atoms with van der Waals surface area (Å²) in [6, 6.07) is -1.02. The molecule has 1 fully saturated rings. The van der Waals surface area contributed by atoms with Crippen LogP contribution in [0.4, 0.5) is 4.79 Å². The maximum atomic E-state index is 12.0. The highest BCUT2D eigenvalue weighted by Gasteiger charge is 2.42. The predicted molar refractivity (Wildman–Crippen MR) is 73.2 cm³/mol. The Hall–Kier alpha value is -1.89. The van der Waals surface area contributed by atoms with E-state index in [0.29, 0.717) is 0 Å². The quantitative estimate of drug-likeness (QED) is 0.472. The maximum Gasteiger partial charge on any atom is 0.410 e. The van der Waals surface area contributed by atoms with Gasteiger partial charge in [-0.05, 0) is 20.8 Å². The first-order valence-electron chi connectivity index (χ1n) is 6.65. The summed E-state index contributed by atoms with van der Waals surface area (Å²) in [5.74, 6) is -1.55. The minimum absolute atomic E-state index is 0.00584. The first kappa shape index (κ1) is 17.2. The summed E-state index contributed by atoms with van der Waals surface area (Å²) in [5.41, 5.74) is -0.832. The number of β-amino-alcohol motifs (C(OH)–C–C–N with tert-alkyl or cyclic N) is 1. The third-order valence-electron chi connectivity index (χ3n) is 2.92. The minimum Gasteiger partial charge on any atom is -0.445 e. The lowest BCUT2D eigenvalue weighted by atomic mass is 9.97. The summed E-state index contributed by atoms with van der Waals surface area (Å²) in [5, 5.41) is 9.62. The highest BCUT2D eigenvalue weighted by atomic mass is 16.6. The average molecular weight is 299 g/mol. The van der Waals surface area contributed by atoms with Crippen molar-refractivity contribution in [2.24, 2.45) is 5.41 Å². The fourth-order valence-electron chi connectivity index (χ4n) is 1.76. The molecule has 0 bridgehead atoms. The van der Waals surface area contributed by atoms with Crippen molar-refractivity contribution in [2.45, 2.75) is 39.3 Å². The number of aliphatic hydroxyl groups excluding tert-OH is 1. The number of ether oxygens (including phenoxy) is 2. The van der Waals surface area contributed by atoms with Crippen LogP contribution >= 0.6 is 0 Å². The van der Waals surface area contributed by atoms with E-state index in [1.54, 1.807) is 20.8 Å². The molecule has 1 rings (SSSR count). The van der Waals surface area contributed by atoms with Gasteiger partial charge in [0.05, 0.1) is 18.1 Å². The molecule has 1 aliphatic rings. The monoisotopic (exact) mass is 299 g/mol. The maximum absolute atomic E-state index is 12.0. The number of carbonyl (C=O) groups excluding carboxylic acids is 3. The van der Waals surface area contributed by atoms with E-state index < -0.39 is 35.6 Å². The molecule has 0 aromatic carbocycles. The molecule has 2 atom stereocenters. The summed E-state index contributed by atoms with van der Waals surface area (Å²) in [7, 11) is 0. The van der Waals surface area contributed by atoms with Gasteiger partial charge in [0.2, 0.25) is 0 Å². The van der Waals surface area contributed by atoms with Crippen LogP contribution in [0.15, 0.2) is 12.7 Å². The number of carbonyl (C=O) groups is 3. The van der Waals surface area contributed by atoms with Gasteiger partial charge in [-0.2, -0.15) is 0 Å². The van der Waals surface area contributed by atoms with E-state index in [2.05, 4.69) is 6.58 Å². The molecule has 7 nitrogen and oxygen atoms in total. The van der Waals surface area contributed by atoms with Gasteiger partial charge in [-0.25, -0.2) is 9.59 Å². The summed E-state index contributed by atoms with van der Waals surface area (Å²) in [4.78, 5) is 36.6. The number of likely N-dealkylation sites (tertiary alicyclic amines) is 1. The van der Waals surface area contributed by atoms with Crippen LogP contribution < -0.4 is 0 Å². The molecule has 0 aromatic heterocycles. The molecular formula is C14H21NO6. The Kier molecular flexibility index (Phi) is 5.48. The summed E-state index contributed by atoms with van der Waals surface area (Å²) < 4.78 is 9.61.